The van der Waals surface area contributed by atoms with Crippen LogP contribution in [0, 0.1) is 40.9 Å². The summed E-state index contributed by atoms with van der Waals surface area (Å²) in [5.41, 5.74) is -0.861. The highest BCUT2D eigenvalue weighted by Crippen LogP contribution is 2.64. The minimum absolute atomic E-state index is 0.00329. The van der Waals surface area contributed by atoms with Gasteiger partial charge in [0.2, 0.25) is 0 Å². The fraction of sp³-hybridized carbons (Fsp3) is 0.808. The van der Waals surface area contributed by atoms with E-state index in [1.54, 1.807) is 6.21 Å². The topological polar surface area (TPSA) is 102 Å². The second-order valence-corrected chi connectivity index (χ2v) is 12.3. The molecule has 1 N–H and O–H groups in total. The zero-order valence-electron chi connectivity index (χ0n) is 20.4. The molecule has 0 amide bonds. The molecule has 0 unspecified atom stereocenters. The molecule has 8 nitrogen and oxygen atoms in total. The quantitative estimate of drug-likeness (QED) is 0.732. The summed E-state index contributed by atoms with van der Waals surface area (Å²) >= 11 is 0. The molecule has 2 heterocycles. The minimum Gasteiger partial charge on any atom is -0.390 e. The van der Waals surface area contributed by atoms with Crippen LogP contribution >= 0.6 is 0 Å². The first-order valence-corrected chi connectivity index (χ1v) is 13.3. The molecule has 1 aromatic rings. The number of aromatic nitrogens is 4. The average molecular weight is 468 g/mol. The van der Waals surface area contributed by atoms with Gasteiger partial charge in [0.05, 0.1) is 5.60 Å². The van der Waals surface area contributed by atoms with Gasteiger partial charge in [-0.25, -0.2) is 9.79 Å². The third-order valence-electron chi connectivity index (χ3n) is 10.4. The van der Waals surface area contributed by atoms with Crippen LogP contribution in [0.2, 0.25) is 0 Å². The highest BCUT2D eigenvalue weighted by molar-refractivity contribution is 5.82. The maximum Gasteiger partial charge on any atom is 0.370 e. The van der Waals surface area contributed by atoms with Crippen molar-refractivity contribution in [2.75, 3.05) is 0 Å². The second kappa shape index (κ2) is 7.97. The van der Waals surface area contributed by atoms with E-state index in [0.29, 0.717) is 30.0 Å². The Labute approximate surface area is 200 Å². The fourth-order valence-corrected chi connectivity index (χ4v) is 8.88. The maximum atomic E-state index is 13.5. The molecule has 34 heavy (non-hydrogen) atoms. The van der Waals surface area contributed by atoms with E-state index < -0.39 is 11.3 Å². The van der Waals surface area contributed by atoms with Crippen LogP contribution in [0.25, 0.3) is 5.82 Å². The standard InChI is InChI=1S/C26H37N5O3/c1-25(34)11-9-17-16(14-25)5-6-19-18(17)10-12-26(2)20(19)7-8-21(26)22(32)15-30-24(33)31(29-28-30)23-4-3-13-27-23/h4,13,16-21,34H,3,5-12,14-15H2,1-2H3/t16-,17+,18-,19-,20+,21-,25-,26+/m1/s1. The third-order valence-corrected chi connectivity index (χ3v) is 10.4. The number of aliphatic hydroxyl groups is 1. The highest BCUT2D eigenvalue weighted by atomic mass is 16.3. The first kappa shape index (κ1) is 22.4. The first-order valence-electron chi connectivity index (χ1n) is 13.3. The second-order valence-electron chi connectivity index (χ2n) is 12.3. The van der Waals surface area contributed by atoms with Gasteiger partial charge < -0.3 is 5.11 Å². The summed E-state index contributed by atoms with van der Waals surface area (Å²) < 4.78 is 2.39. The van der Waals surface area contributed by atoms with Crippen molar-refractivity contribution in [2.24, 2.45) is 45.9 Å². The number of tetrazole rings is 1. The molecule has 4 fully saturated rings. The number of allylic oxidation sites excluding steroid dienone is 1. The van der Waals surface area contributed by atoms with E-state index in [-0.39, 0.29) is 23.7 Å². The SMILES string of the molecule is C[C@@]1(O)CC[C@H]2[C@H](CC[C@@H]3[C@@H]2CC[C@]2(C)[C@@H](C(=O)Cn4nnn(C5=CCC=N5)c4=O)CC[C@@H]32)C1. The van der Waals surface area contributed by atoms with E-state index in [4.69, 9.17) is 0 Å². The van der Waals surface area contributed by atoms with E-state index in [1.165, 1.54) is 28.6 Å². The number of carbonyl (C=O) groups excluding carboxylic acids is 1. The van der Waals surface area contributed by atoms with Gasteiger partial charge >= 0.3 is 5.69 Å². The van der Waals surface area contributed by atoms with Crippen molar-refractivity contribution >= 4 is 17.8 Å². The molecule has 6 rings (SSSR count). The van der Waals surface area contributed by atoms with Gasteiger partial charge in [0.25, 0.3) is 0 Å². The number of Topliss-reactive ketones (excluding diaryl/α,β-unsaturated/α-hetero) is 1. The summed E-state index contributed by atoms with van der Waals surface area (Å²) in [6.45, 7) is 4.36. The van der Waals surface area contributed by atoms with Gasteiger partial charge in [0, 0.05) is 18.6 Å². The van der Waals surface area contributed by atoms with Gasteiger partial charge in [0.1, 0.15) is 6.54 Å². The van der Waals surface area contributed by atoms with Crippen molar-refractivity contribution in [1.82, 2.24) is 19.8 Å². The number of hydrogen-bond acceptors (Lipinski definition) is 6. The van der Waals surface area contributed by atoms with E-state index in [9.17, 15) is 14.7 Å². The molecular formula is C26H37N5O3. The molecule has 8 atom stereocenters. The molecule has 0 saturated heterocycles. The minimum atomic E-state index is -0.483. The summed E-state index contributed by atoms with van der Waals surface area (Å²) in [4.78, 5) is 30.4. The molecular weight excluding hydrogens is 430 g/mol. The van der Waals surface area contributed by atoms with Gasteiger partial charge in [0.15, 0.2) is 11.6 Å². The highest BCUT2D eigenvalue weighted by Gasteiger charge is 2.58. The van der Waals surface area contributed by atoms with Crippen molar-refractivity contribution < 1.29 is 9.90 Å². The molecule has 0 bridgehead atoms. The van der Waals surface area contributed by atoms with Crippen LogP contribution in [-0.4, -0.2) is 42.5 Å². The number of hydrogen-bond donors (Lipinski definition) is 1. The van der Waals surface area contributed by atoms with E-state index in [0.717, 1.165) is 50.4 Å². The Bertz CT molecular complexity index is 1100. The average Bonchev–Trinajstić information content (AvgIpc) is 3.52. The molecule has 1 aromatic heterocycles. The van der Waals surface area contributed by atoms with Crippen molar-refractivity contribution in [3.63, 3.8) is 0 Å². The number of rotatable bonds is 4. The Hall–Kier alpha value is -2.09. The van der Waals surface area contributed by atoms with Gasteiger partial charge in [-0.1, -0.05) is 6.92 Å². The summed E-state index contributed by atoms with van der Waals surface area (Å²) in [7, 11) is 0. The molecule has 0 radical (unpaired) electrons. The molecule has 8 heteroatoms. The molecule has 4 saturated carbocycles. The van der Waals surface area contributed by atoms with Crippen molar-refractivity contribution in [1.29, 1.82) is 0 Å². The summed E-state index contributed by atoms with van der Waals surface area (Å²) in [5, 5.41) is 18.5. The lowest BCUT2D eigenvalue weighted by atomic mass is 9.49. The number of ketones is 1. The molecule has 0 aromatic carbocycles. The Morgan fingerprint density at radius 1 is 1.06 bits per heavy atom. The van der Waals surface area contributed by atoms with Crippen molar-refractivity contribution in [3.8, 4) is 0 Å². The number of nitrogens with zero attached hydrogens (tertiary/aromatic N) is 5. The smallest absolute Gasteiger partial charge is 0.370 e. The predicted molar refractivity (Wildman–Crippen MR) is 128 cm³/mol. The van der Waals surface area contributed by atoms with Crippen LogP contribution in [0.1, 0.15) is 78.1 Å². The summed E-state index contributed by atoms with van der Waals surface area (Å²) in [6.07, 6.45) is 14.1. The lowest BCUT2D eigenvalue weighted by molar-refractivity contribution is -0.133. The third kappa shape index (κ3) is 3.47. The molecule has 0 spiro atoms. The van der Waals surface area contributed by atoms with Crippen molar-refractivity contribution in [2.45, 2.75) is 90.2 Å². The Morgan fingerprint density at radius 2 is 1.88 bits per heavy atom. The lowest BCUT2D eigenvalue weighted by Crippen LogP contribution is -2.51. The van der Waals surface area contributed by atoms with Crippen molar-refractivity contribution in [3.05, 3.63) is 16.6 Å². The number of fused-ring (bicyclic) bond motifs is 5. The molecule has 4 aliphatic carbocycles. The Morgan fingerprint density at radius 3 is 2.68 bits per heavy atom. The fourth-order valence-electron chi connectivity index (χ4n) is 8.88. The van der Waals surface area contributed by atoms with E-state index >= 15 is 0 Å². The summed E-state index contributed by atoms with van der Waals surface area (Å²) in [5.74, 6) is 4.07. The van der Waals surface area contributed by atoms with E-state index in [1.807, 2.05) is 13.0 Å². The predicted octanol–water partition coefficient (Wildman–Crippen LogP) is 3.30. The lowest BCUT2D eigenvalue weighted by Gasteiger charge is -2.56. The monoisotopic (exact) mass is 467 g/mol. The van der Waals surface area contributed by atoms with Crippen LogP contribution in [0.5, 0.6) is 0 Å². The number of aliphatic imine (C=N–C) groups is 1. The van der Waals surface area contributed by atoms with E-state index in [2.05, 4.69) is 22.3 Å². The normalized spacial score (nSPS) is 43.2. The van der Waals surface area contributed by atoms with Crippen LogP contribution in [-0.2, 0) is 11.3 Å². The van der Waals surface area contributed by atoms with Crippen LogP contribution in [0.15, 0.2) is 15.9 Å². The first-order chi connectivity index (χ1) is 16.3. The Balaban J connectivity index is 1.17. The zero-order valence-corrected chi connectivity index (χ0v) is 20.4. The summed E-state index contributed by atoms with van der Waals surface area (Å²) in [6, 6.07) is 0. The van der Waals surface area contributed by atoms with Crippen LogP contribution in [0.4, 0.5) is 0 Å². The van der Waals surface area contributed by atoms with Gasteiger partial charge in [-0.15, -0.1) is 4.68 Å². The van der Waals surface area contributed by atoms with Gasteiger partial charge in [-0.2, -0.15) is 4.68 Å². The Kier molecular flexibility index (Phi) is 5.24. The van der Waals surface area contributed by atoms with Gasteiger partial charge in [-0.05, 0) is 116 Å². The zero-order chi connectivity index (χ0) is 23.7. The van der Waals surface area contributed by atoms with Gasteiger partial charge in [-0.3, -0.25) is 4.79 Å². The largest absolute Gasteiger partial charge is 0.390 e. The van der Waals surface area contributed by atoms with Crippen LogP contribution < -0.4 is 5.69 Å². The number of carbonyl (C=O) groups is 1. The molecule has 5 aliphatic rings. The molecule has 1 aliphatic heterocycles. The maximum absolute atomic E-state index is 13.5. The van der Waals surface area contributed by atoms with Crippen LogP contribution in [0.3, 0.4) is 0 Å². The molecule has 184 valence electrons.